The molecule has 1 atom stereocenters. The molecule has 0 fully saturated rings. The Hall–Kier alpha value is -2.45. The van der Waals surface area contributed by atoms with Crippen molar-refractivity contribution in [1.29, 1.82) is 0 Å². The molecule has 2 rings (SSSR count). The van der Waals surface area contributed by atoms with Crippen LogP contribution < -0.4 is 9.47 Å². The second-order valence-corrected chi connectivity index (χ2v) is 7.71. The predicted octanol–water partition coefficient (Wildman–Crippen LogP) is 2.80. The molecular formula is C18H22N2O5S. The zero-order valence-corrected chi connectivity index (χ0v) is 15.8. The van der Waals surface area contributed by atoms with Gasteiger partial charge in [-0.25, -0.2) is 9.19 Å². The number of benzene rings is 1. The maximum Gasteiger partial charge on any atom is 0.286 e. The summed E-state index contributed by atoms with van der Waals surface area (Å²) in [6, 6.07) is 9.75. The Morgan fingerprint density at radius 3 is 2.42 bits per heavy atom. The smallest absolute Gasteiger partial charge is 0.286 e. The molecule has 1 aromatic carbocycles. The summed E-state index contributed by atoms with van der Waals surface area (Å²) in [6.45, 7) is 1.07. The number of rotatable bonds is 8. The molecule has 1 aromatic heterocycles. The SMILES string of the molecule is COCCCOc1ccc(C(=O)N=S(C)(=O)c2ccc(OC)cc2)cn1. The summed E-state index contributed by atoms with van der Waals surface area (Å²) >= 11 is 0. The van der Waals surface area contributed by atoms with Crippen molar-refractivity contribution in [1.82, 2.24) is 4.98 Å². The molecule has 0 spiro atoms. The van der Waals surface area contributed by atoms with Crippen LogP contribution in [0.1, 0.15) is 16.8 Å². The van der Waals surface area contributed by atoms with E-state index in [1.807, 2.05) is 0 Å². The normalized spacial score (nSPS) is 12.9. The van der Waals surface area contributed by atoms with Crippen molar-refractivity contribution in [3.63, 3.8) is 0 Å². The minimum Gasteiger partial charge on any atom is -0.497 e. The zero-order chi connectivity index (χ0) is 19.0. The van der Waals surface area contributed by atoms with Crippen LogP contribution in [0.25, 0.3) is 0 Å². The second kappa shape index (κ2) is 9.30. The number of amides is 1. The monoisotopic (exact) mass is 378 g/mol. The van der Waals surface area contributed by atoms with E-state index < -0.39 is 15.6 Å². The first kappa shape index (κ1) is 19.9. The van der Waals surface area contributed by atoms with E-state index in [2.05, 4.69) is 9.35 Å². The lowest BCUT2D eigenvalue weighted by molar-refractivity contribution is 0.100. The summed E-state index contributed by atoms with van der Waals surface area (Å²) in [7, 11) is 0.304. The van der Waals surface area contributed by atoms with Gasteiger partial charge in [0.2, 0.25) is 5.88 Å². The summed E-state index contributed by atoms with van der Waals surface area (Å²) in [5.74, 6) is 0.456. The fraction of sp³-hybridized carbons (Fsp3) is 0.333. The van der Waals surface area contributed by atoms with Gasteiger partial charge in [-0.1, -0.05) is 0 Å². The molecule has 0 bridgehead atoms. The average molecular weight is 378 g/mol. The molecular weight excluding hydrogens is 356 g/mol. The molecule has 140 valence electrons. The molecule has 1 unspecified atom stereocenters. The van der Waals surface area contributed by atoms with Gasteiger partial charge in [-0.05, 0) is 30.3 Å². The van der Waals surface area contributed by atoms with Gasteiger partial charge in [-0.2, -0.15) is 4.36 Å². The molecule has 1 heterocycles. The molecule has 0 radical (unpaired) electrons. The van der Waals surface area contributed by atoms with Gasteiger partial charge in [0.15, 0.2) is 0 Å². The van der Waals surface area contributed by atoms with E-state index in [9.17, 15) is 9.00 Å². The Labute approximate surface area is 153 Å². The van der Waals surface area contributed by atoms with Gasteiger partial charge < -0.3 is 14.2 Å². The lowest BCUT2D eigenvalue weighted by Crippen LogP contribution is -2.05. The number of hydrogen-bond acceptors (Lipinski definition) is 6. The third kappa shape index (κ3) is 5.53. The summed E-state index contributed by atoms with van der Waals surface area (Å²) < 4.78 is 32.1. The molecule has 26 heavy (non-hydrogen) atoms. The van der Waals surface area contributed by atoms with Crippen LogP contribution in [0.4, 0.5) is 0 Å². The minimum atomic E-state index is -2.87. The van der Waals surface area contributed by atoms with Gasteiger partial charge in [-0.3, -0.25) is 4.79 Å². The Balaban J connectivity index is 2.09. The molecule has 7 nitrogen and oxygen atoms in total. The van der Waals surface area contributed by atoms with Crippen LogP contribution in [-0.2, 0) is 14.5 Å². The highest BCUT2D eigenvalue weighted by Crippen LogP contribution is 2.18. The third-order valence-electron chi connectivity index (χ3n) is 3.48. The number of ether oxygens (including phenoxy) is 3. The average Bonchev–Trinajstić information content (AvgIpc) is 2.65. The van der Waals surface area contributed by atoms with Crippen molar-refractivity contribution in [3.05, 3.63) is 48.2 Å². The first-order valence-electron chi connectivity index (χ1n) is 7.94. The molecule has 0 aliphatic carbocycles. The Bertz CT molecular complexity index is 841. The highest BCUT2D eigenvalue weighted by Gasteiger charge is 2.12. The quantitative estimate of drug-likeness (QED) is 0.657. The highest BCUT2D eigenvalue weighted by atomic mass is 32.2. The van der Waals surface area contributed by atoms with E-state index >= 15 is 0 Å². The number of pyridine rings is 1. The van der Waals surface area contributed by atoms with E-state index in [0.29, 0.717) is 29.7 Å². The summed E-state index contributed by atoms with van der Waals surface area (Å²) in [6.07, 6.45) is 3.53. The largest absolute Gasteiger partial charge is 0.497 e. The summed E-state index contributed by atoms with van der Waals surface area (Å²) in [4.78, 5) is 16.8. The third-order valence-corrected chi connectivity index (χ3v) is 5.14. The fourth-order valence-electron chi connectivity index (χ4n) is 2.06. The molecule has 0 aliphatic rings. The molecule has 0 N–H and O–H groups in total. The lowest BCUT2D eigenvalue weighted by Gasteiger charge is -2.06. The van der Waals surface area contributed by atoms with Crippen molar-refractivity contribution < 1.29 is 23.2 Å². The van der Waals surface area contributed by atoms with Crippen LogP contribution in [0.15, 0.2) is 51.9 Å². The Morgan fingerprint density at radius 1 is 1.12 bits per heavy atom. The number of carbonyl (C=O) groups is 1. The molecule has 0 aliphatic heterocycles. The highest BCUT2D eigenvalue weighted by molar-refractivity contribution is 7.93. The number of methoxy groups -OCH3 is 2. The van der Waals surface area contributed by atoms with Gasteiger partial charge >= 0.3 is 0 Å². The van der Waals surface area contributed by atoms with Crippen LogP contribution in [-0.4, -0.2) is 48.8 Å². The standard InChI is InChI=1S/C18H22N2O5S/c1-23-11-4-12-25-17-10-5-14(13-19-17)18(21)20-26(3,22)16-8-6-15(24-2)7-9-16/h5-10,13H,4,11-12H2,1-3H3. The van der Waals surface area contributed by atoms with E-state index in [1.165, 1.54) is 12.5 Å². The summed E-state index contributed by atoms with van der Waals surface area (Å²) in [5.41, 5.74) is 0.248. The first-order chi connectivity index (χ1) is 12.5. The van der Waals surface area contributed by atoms with Crippen LogP contribution in [0.5, 0.6) is 11.6 Å². The maximum atomic E-state index is 12.8. The fourth-order valence-corrected chi connectivity index (χ4v) is 3.23. The van der Waals surface area contributed by atoms with Crippen molar-refractivity contribution in [2.45, 2.75) is 11.3 Å². The number of hydrogen-bond donors (Lipinski definition) is 0. The van der Waals surface area contributed by atoms with Crippen molar-refractivity contribution in [3.8, 4) is 11.6 Å². The molecule has 0 saturated heterocycles. The number of carbonyl (C=O) groups excluding carboxylic acids is 1. The van der Waals surface area contributed by atoms with Gasteiger partial charge in [0.1, 0.15) is 5.75 Å². The van der Waals surface area contributed by atoms with E-state index in [0.717, 1.165) is 6.42 Å². The predicted molar refractivity (Wildman–Crippen MR) is 98.3 cm³/mol. The molecule has 0 saturated carbocycles. The first-order valence-corrected chi connectivity index (χ1v) is 9.87. The second-order valence-electron chi connectivity index (χ2n) is 5.45. The van der Waals surface area contributed by atoms with Crippen molar-refractivity contribution >= 4 is 15.6 Å². The minimum absolute atomic E-state index is 0.248. The van der Waals surface area contributed by atoms with Gasteiger partial charge in [0.25, 0.3) is 5.91 Å². The van der Waals surface area contributed by atoms with E-state index in [-0.39, 0.29) is 5.56 Å². The van der Waals surface area contributed by atoms with Gasteiger partial charge in [-0.15, -0.1) is 0 Å². The summed E-state index contributed by atoms with van der Waals surface area (Å²) in [5, 5.41) is 0. The van der Waals surface area contributed by atoms with Crippen LogP contribution in [0, 0.1) is 0 Å². The number of aromatic nitrogens is 1. The van der Waals surface area contributed by atoms with Crippen LogP contribution in [0.3, 0.4) is 0 Å². The van der Waals surface area contributed by atoms with E-state index in [1.54, 1.807) is 50.6 Å². The van der Waals surface area contributed by atoms with Crippen LogP contribution >= 0.6 is 0 Å². The Kier molecular flexibility index (Phi) is 7.11. The molecule has 8 heteroatoms. The molecule has 1 amide bonds. The topological polar surface area (TPSA) is 87.1 Å². The van der Waals surface area contributed by atoms with Gasteiger partial charge in [0, 0.05) is 43.6 Å². The van der Waals surface area contributed by atoms with Crippen LogP contribution in [0.2, 0.25) is 0 Å². The maximum absolute atomic E-state index is 12.8. The Morgan fingerprint density at radius 2 is 1.85 bits per heavy atom. The number of nitrogens with zero attached hydrogens (tertiary/aromatic N) is 2. The lowest BCUT2D eigenvalue weighted by atomic mass is 10.3. The van der Waals surface area contributed by atoms with Crippen molar-refractivity contribution in [2.75, 3.05) is 33.7 Å². The van der Waals surface area contributed by atoms with Gasteiger partial charge in [0.05, 0.1) is 29.0 Å². The zero-order valence-electron chi connectivity index (χ0n) is 15.0. The van der Waals surface area contributed by atoms with E-state index in [4.69, 9.17) is 14.2 Å². The molecule has 2 aromatic rings. The van der Waals surface area contributed by atoms with Crippen molar-refractivity contribution in [2.24, 2.45) is 4.36 Å².